The van der Waals surface area contributed by atoms with Gasteiger partial charge in [-0.25, -0.2) is 4.39 Å². The Bertz CT molecular complexity index is 601. The second-order valence-electron chi connectivity index (χ2n) is 7.60. The van der Waals surface area contributed by atoms with Crippen LogP contribution in [0, 0.1) is 11.7 Å². The lowest BCUT2D eigenvalue weighted by Crippen LogP contribution is -2.49. The van der Waals surface area contributed by atoms with Crippen molar-refractivity contribution in [2.24, 2.45) is 5.92 Å². The van der Waals surface area contributed by atoms with Crippen molar-refractivity contribution >= 4 is 5.91 Å². The van der Waals surface area contributed by atoms with Crippen molar-refractivity contribution in [3.05, 3.63) is 35.6 Å². The van der Waals surface area contributed by atoms with Gasteiger partial charge in [-0.15, -0.1) is 0 Å². The van der Waals surface area contributed by atoms with Crippen molar-refractivity contribution < 1.29 is 9.18 Å². The number of rotatable bonds is 8. The second kappa shape index (κ2) is 8.96. The first-order valence-electron chi connectivity index (χ1n) is 10.1. The minimum atomic E-state index is -0.211. The van der Waals surface area contributed by atoms with Gasteiger partial charge in [0.2, 0.25) is 5.91 Å². The van der Waals surface area contributed by atoms with E-state index in [-0.39, 0.29) is 23.6 Å². The minimum Gasteiger partial charge on any atom is -0.341 e. The number of nitrogens with zero attached hydrogens (tertiary/aromatic N) is 3. The van der Waals surface area contributed by atoms with Crippen LogP contribution >= 0.6 is 0 Å². The number of hydrogen-bond donors (Lipinski definition) is 0. The van der Waals surface area contributed by atoms with Gasteiger partial charge in [0.05, 0.1) is 0 Å². The van der Waals surface area contributed by atoms with Crippen molar-refractivity contribution in [2.45, 2.75) is 32.6 Å². The third kappa shape index (κ3) is 4.83. The summed E-state index contributed by atoms with van der Waals surface area (Å²) in [4.78, 5) is 19.9. The first-order chi connectivity index (χ1) is 12.6. The monoisotopic (exact) mass is 361 g/mol. The Morgan fingerprint density at radius 3 is 2.54 bits per heavy atom. The van der Waals surface area contributed by atoms with Gasteiger partial charge in [0, 0.05) is 51.7 Å². The molecule has 2 atom stereocenters. The summed E-state index contributed by atoms with van der Waals surface area (Å²) in [5.74, 6) is 0.288. The lowest BCUT2D eigenvalue weighted by atomic mass is 10.1. The van der Waals surface area contributed by atoms with Crippen molar-refractivity contribution in [1.82, 2.24) is 14.7 Å². The van der Waals surface area contributed by atoms with E-state index in [1.165, 1.54) is 6.07 Å². The number of benzene rings is 1. The van der Waals surface area contributed by atoms with Crippen LogP contribution in [-0.2, 0) is 4.79 Å². The number of carbonyl (C=O) groups is 1. The molecule has 2 fully saturated rings. The number of likely N-dealkylation sites (N-methyl/N-ethyl adjacent to an activating group) is 1. The molecule has 0 spiro atoms. The molecule has 4 nitrogen and oxygen atoms in total. The quantitative estimate of drug-likeness (QED) is 0.712. The number of piperazine rings is 1. The first kappa shape index (κ1) is 19.3. The molecule has 2 aliphatic rings. The normalized spacial score (nSPS) is 23.8. The lowest BCUT2D eigenvalue weighted by Gasteiger charge is -2.35. The highest BCUT2D eigenvalue weighted by Crippen LogP contribution is 2.48. The van der Waals surface area contributed by atoms with Gasteiger partial charge in [-0.05, 0) is 43.0 Å². The van der Waals surface area contributed by atoms with Gasteiger partial charge in [-0.1, -0.05) is 26.0 Å². The molecule has 0 N–H and O–H groups in total. The summed E-state index contributed by atoms with van der Waals surface area (Å²) < 4.78 is 13.4. The molecule has 0 unspecified atom stereocenters. The zero-order valence-electron chi connectivity index (χ0n) is 16.2. The Balaban J connectivity index is 1.51. The topological polar surface area (TPSA) is 26.8 Å². The van der Waals surface area contributed by atoms with E-state index in [1.807, 2.05) is 11.0 Å². The van der Waals surface area contributed by atoms with Crippen LogP contribution in [0.5, 0.6) is 0 Å². The maximum absolute atomic E-state index is 13.4. The molecule has 1 aromatic carbocycles. The summed E-state index contributed by atoms with van der Waals surface area (Å²) in [5, 5.41) is 0. The molecule has 1 aliphatic heterocycles. The SMILES string of the molecule is CCCN(CCN1CCN(CC)CC1)C(=O)[C@H]1C[C@@H]1c1cccc(F)c1. The average Bonchev–Trinajstić information content (AvgIpc) is 3.46. The average molecular weight is 362 g/mol. The Morgan fingerprint density at radius 1 is 1.15 bits per heavy atom. The molecule has 1 aliphatic carbocycles. The fourth-order valence-electron chi connectivity index (χ4n) is 4.00. The van der Waals surface area contributed by atoms with Crippen LogP contribution in [0.3, 0.4) is 0 Å². The summed E-state index contributed by atoms with van der Waals surface area (Å²) in [6.07, 6.45) is 1.84. The van der Waals surface area contributed by atoms with Gasteiger partial charge >= 0.3 is 0 Å². The third-order valence-corrected chi connectivity index (χ3v) is 5.79. The zero-order chi connectivity index (χ0) is 18.5. The number of halogens is 1. The van der Waals surface area contributed by atoms with E-state index in [0.717, 1.165) is 70.8 Å². The molecule has 1 saturated carbocycles. The second-order valence-corrected chi connectivity index (χ2v) is 7.60. The zero-order valence-corrected chi connectivity index (χ0v) is 16.2. The fraction of sp³-hybridized carbons (Fsp3) is 0.667. The molecule has 0 aromatic heterocycles. The summed E-state index contributed by atoms with van der Waals surface area (Å²) in [7, 11) is 0. The van der Waals surface area contributed by atoms with Gasteiger partial charge in [0.15, 0.2) is 0 Å². The van der Waals surface area contributed by atoms with Gasteiger partial charge in [0.25, 0.3) is 0 Å². The standard InChI is InChI=1S/C21H32FN3O/c1-3-8-25(14-13-24-11-9-23(4-2)10-12-24)21(26)20-16-19(20)17-6-5-7-18(22)15-17/h5-7,15,19-20H,3-4,8-14,16H2,1-2H3/t19-,20+/m1/s1. The van der Waals surface area contributed by atoms with E-state index in [0.29, 0.717) is 0 Å². The van der Waals surface area contributed by atoms with E-state index in [9.17, 15) is 9.18 Å². The van der Waals surface area contributed by atoms with E-state index in [1.54, 1.807) is 12.1 Å². The maximum atomic E-state index is 13.4. The van der Waals surface area contributed by atoms with Crippen molar-refractivity contribution in [1.29, 1.82) is 0 Å². The van der Waals surface area contributed by atoms with Crippen molar-refractivity contribution in [3.63, 3.8) is 0 Å². The summed E-state index contributed by atoms with van der Waals surface area (Å²) >= 11 is 0. The van der Waals surface area contributed by atoms with Crippen LogP contribution in [0.2, 0.25) is 0 Å². The van der Waals surface area contributed by atoms with E-state index < -0.39 is 0 Å². The van der Waals surface area contributed by atoms with Gasteiger partial charge in [0.1, 0.15) is 5.82 Å². The van der Waals surface area contributed by atoms with E-state index in [4.69, 9.17) is 0 Å². The minimum absolute atomic E-state index is 0.0419. The highest BCUT2D eigenvalue weighted by Gasteiger charge is 2.45. The van der Waals surface area contributed by atoms with Crippen LogP contribution in [0.1, 0.15) is 38.2 Å². The number of carbonyl (C=O) groups excluding carboxylic acids is 1. The predicted octanol–water partition coefficient (Wildman–Crippen LogP) is 2.81. The van der Waals surface area contributed by atoms with Crippen molar-refractivity contribution in [3.8, 4) is 0 Å². The Morgan fingerprint density at radius 2 is 1.88 bits per heavy atom. The molecule has 0 radical (unpaired) electrons. The first-order valence-corrected chi connectivity index (χ1v) is 10.1. The van der Waals surface area contributed by atoms with E-state index in [2.05, 4.69) is 23.6 Å². The molecular weight excluding hydrogens is 329 g/mol. The molecule has 1 amide bonds. The largest absolute Gasteiger partial charge is 0.341 e. The van der Waals surface area contributed by atoms with Crippen LogP contribution in [0.15, 0.2) is 24.3 Å². The van der Waals surface area contributed by atoms with Crippen LogP contribution in [0.25, 0.3) is 0 Å². The smallest absolute Gasteiger partial charge is 0.226 e. The third-order valence-electron chi connectivity index (χ3n) is 5.79. The van der Waals surface area contributed by atoms with Crippen LogP contribution in [-0.4, -0.2) is 73.0 Å². The van der Waals surface area contributed by atoms with Gasteiger partial charge in [-0.2, -0.15) is 0 Å². The highest BCUT2D eigenvalue weighted by molar-refractivity contribution is 5.83. The van der Waals surface area contributed by atoms with Crippen LogP contribution in [0.4, 0.5) is 4.39 Å². The summed E-state index contributed by atoms with van der Waals surface area (Å²) in [6.45, 7) is 12.5. The Labute approximate surface area is 157 Å². The highest BCUT2D eigenvalue weighted by atomic mass is 19.1. The Hall–Kier alpha value is -1.46. The molecular formula is C21H32FN3O. The molecule has 1 heterocycles. The molecule has 26 heavy (non-hydrogen) atoms. The summed E-state index contributed by atoms with van der Waals surface area (Å²) in [6, 6.07) is 6.72. The predicted molar refractivity (Wildman–Crippen MR) is 103 cm³/mol. The van der Waals surface area contributed by atoms with Gasteiger partial charge in [-0.3, -0.25) is 9.69 Å². The molecule has 1 aromatic rings. The lowest BCUT2D eigenvalue weighted by molar-refractivity contribution is -0.133. The molecule has 3 rings (SSSR count). The van der Waals surface area contributed by atoms with Crippen molar-refractivity contribution in [2.75, 3.05) is 52.4 Å². The maximum Gasteiger partial charge on any atom is 0.226 e. The molecule has 5 heteroatoms. The molecule has 144 valence electrons. The van der Waals surface area contributed by atoms with Gasteiger partial charge < -0.3 is 9.80 Å². The fourth-order valence-corrected chi connectivity index (χ4v) is 4.00. The van der Waals surface area contributed by atoms with Crippen LogP contribution < -0.4 is 0 Å². The number of hydrogen-bond acceptors (Lipinski definition) is 3. The van der Waals surface area contributed by atoms with E-state index >= 15 is 0 Å². The Kier molecular flexibility index (Phi) is 6.65. The molecule has 0 bridgehead atoms. The summed E-state index contributed by atoms with van der Waals surface area (Å²) in [5.41, 5.74) is 0.968. The molecule has 1 saturated heterocycles. The number of amides is 1.